The summed E-state index contributed by atoms with van der Waals surface area (Å²) in [6.07, 6.45) is 2.52. The molecular weight excluding hydrogens is 310 g/mol. The zero-order valence-corrected chi connectivity index (χ0v) is 11.2. The molecule has 3 nitrogen and oxygen atoms in total. The van der Waals surface area contributed by atoms with E-state index in [2.05, 4.69) is 20.7 Å². The molecule has 1 rings (SSSR count). The molecule has 0 aromatic heterocycles. The van der Waals surface area contributed by atoms with Gasteiger partial charge in [-0.2, -0.15) is 4.39 Å². The molecule has 0 spiro atoms. The van der Waals surface area contributed by atoms with E-state index >= 15 is 0 Å². The highest BCUT2D eigenvalue weighted by Crippen LogP contribution is 2.25. The second kappa shape index (κ2) is 7.10. The van der Waals surface area contributed by atoms with E-state index in [4.69, 9.17) is 4.74 Å². The van der Waals surface area contributed by atoms with Crippen molar-refractivity contribution in [1.82, 2.24) is 0 Å². The minimum absolute atomic E-state index is 0.0639. The zero-order chi connectivity index (χ0) is 13.5. The number of halogens is 3. The summed E-state index contributed by atoms with van der Waals surface area (Å²) in [5, 5.41) is 0. The van der Waals surface area contributed by atoms with E-state index in [0.717, 1.165) is 12.1 Å². The molecule has 0 saturated carbocycles. The molecule has 0 amide bonds. The van der Waals surface area contributed by atoms with E-state index in [9.17, 15) is 13.6 Å². The fraction of sp³-hybridized carbons (Fsp3) is 0.250. The van der Waals surface area contributed by atoms with Gasteiger partial charge in [0.25, 0.3) is 0 Å². The Labute approximate surface area is 112 Å². The second-order valence-corrected chi connectivity index (χ2v) is 4.08. The van der Waals surface area contributed by atoms with E-state index in [0.29, 0.717) is 4.47 Å². The van der Waals surface area contributed by atoms with Gasteiger partial charge in [-0.25, -0.2) is 9.18 Å². The van der Waals surface area contributed by atoms with Gasteiger partial charge < -0.3 is 9.47 Å². The molecule has 98 valence electrons. The molecule has 0 bridgehead atoms. The van der Waals surface area contributed by atoms with Crippen LogP contribution in [0.2, 0.25) is 0 Å². The molecule has 0 saturated heterocycles. The van der Waals surface area contributed by atoms with E-state index in [1.807, 2.05) is 0 Å². The lowest BCUT2D eigenvalue weighted by Crippen LogP contribution is -2.02. The van der Waals surface area contributed by atoms with Gasteiger partial charge in [-0.1, -0.05) is 15.9 Å². The lowest BCUT2D eigenvalue weighted by atomic mass is 10.3. The van der Waals surface area contributed by atoms with Crippen LogP contribution in [0.25, 0.3) is 0 Å². The molecule has 0 atom stereocenters. The summed E-state index contributed by atoms with van der Waals surface area (Å²) in [5.74, 6) is -2.81. The standard InChI is InChI=1S/C12H11BrF2O3/c1-2-17-11(16)4-3-5-18-10-7-8(13)6-9(14)12(10)15/h3-4,6-7H,2,5H2,1H3/b4-3+. The Hall–Kier alpha value is -1.43. The van der Waals surface area contributed by atoms with Crippen LogP contribution in [0.5, 0.6) is 5.75 Å². The fourth-order valence-electron chi connectivity index (χ4n) is 1.11. The highest BCUT2D eigenvalue weighted by Gasteiger charge is 2.10. The quantitative estimate of drug-likeness (QED) is 0.474. The normalized spacial score (nSPS) is 10.7. The monoisotopic (exact) mass is 320 g/mol. The van der Waals surface area contributed by atoms with E-state index in [1.54, 1.807) is 6.92 Å². The van der Waals surface area contributed by atoms with Gasteiger partial charge in [0.05, 0.1) is 6.61 Å². The lowest BCUT2D eigenvalue weighted by Gasteiger charge is -2.05. The van der Waals surface area contributed by atoms with E-state index < -0.39 is 17.6 Å². The Balaban J connectivity index is 2.56. The van der Waals surface area contributed by atoms with Gasteiger partial charge in [0.15, 0.2) is 11.6 Å². The topological polar surface area (TPSA) is 35.5 Å². The highest BCUT2D eigenvalue weighted by molar-refractivity contribution is 9.10. The van der Waals surface area contributed by atoms with Crippen LogP contribution in [0.1, 0.15) is 6.92 Å². The molecule has 1 aromatic carbocycles. The molecule has 18 heavy (non-hydrogen) atoms. The van der Waals surface area contributed by atoms with Crippen LogP contribution >= 0.6 is 15.9 Å². The zero-order valence-electron chi connectivity index (χ0n) is 9.58. The summed E-state index contributed by atoms with van der Waals surface area (Å²) in [6, 6.07) is 2.30. The number of esters is 1. The molecule has 0 radical (unpaired) electrons. The maximum Gasteiger partial charge on any atom is 0.330 e. The maximum absolute atomic E-state index is 13.3. The number of hydrogen-bond donors (Lipinski definition) is 0. The second-order valence-electron chi connectivity index (χ2n) is 3.17. The molecule has 0 fully saturated rings. The molecule has 0 aliphatic carbocycles. The van der Waals surface area contributed by atoms with E-state index in [1.165, 1.54) is 12.1 Å². The Bertz CT molecular complexity index is 461. The summed E-state index contributed by atoms with van der Waals surface area (Å²) >= 11 is 3.02. The minimum Gasteiger partial charge on any atom is -0.486 e. The Morgan fingerprint density at radius 3 is 2.83 bits per heavy atom. The first kappa shape index (κ1) is 14.6. The van der Waals surface area contributed by atoms with Crippen molar-refractivity contribution in [2.75, 3.05) is 13.2 Å². The number of carbonyl (C=O) groups is 1. The smallest absolute Gasteiger partial charge is 0.330 e. The average molecular weight is 321 g/mol. The summed E-state index contributed by atoms with van der Waals surface area (Å²) < 4.78 is 36.2. The van der Waals surface area contributed by atoms with Gasteiger partial charge in [0, 0.05) is 10.5 Å². The molecule has 0 aliphatic heterocycles. The van der Waals surface area contributed by atoms with Crippen molar-refractivity contribution in [1.29, 1.82) is 0 Å². The summed E-state index contributed by atoms with van der Waals surface area (Å²) in [6.45, 7) is 1.89. The average Bonchev–Trinajstić information content (AvgIpc) is 2.31. The van der Waals surface area contributed by atoms with Crippen LogP contribution in [0.3, 0.4) is 0 Å². The molecule has 0 N–H and O–H groups in total. The lowest BCUT2D eigenvalue weighted by molar-refractivity contribution is -0.137. The van der Waals surface area contributed by atoms with Crippen molar-refractivity contribution >= 4 is 21.9 Å². The third-order valence-electron chi connectivity index (χ3n) is 1.84. The predicted molar refractivity (Wildman–Crippen MR) is 65.3 cm³/mol. The SMILES string of the molecule is CCOC(=O)/C=C/COc1cc(Br)cc(F)c1F. The van der Waals surface area contributed by atoms with Crippen molar-refractivity contribution < 1.29 is 23.0 Å². The van der Waals surface area contributed by atoms with Crippen LogP contribution < -0.4 is 4.74 Å². The van der Waals surface area contributed by atoms with Crippen LogP contribution in [-0.4, -0.2) is 19.2 Å². The third kappa shape index (κ3) is 4.44. The number of benzene rings is 1. The summed E-state index contributed by atoms with van der Waals surface area (Å²) in [5.41, 5.74) is 0. The van der Waals surface area contributed by atoms with Gasteiger partial charge in [-0.05, 0) is 25.1 Å². The van der Waals surface area contributed by atoms with Gasteiger partial charge in [-0.3, -0.25) is 0 Å². The first-order valence-electron chi connectivity index (χ1n) is 5.15. The number of carbonyl (C=O) groups excluding carboxylic acids is 1. The number of rotatable bonds is 5. The minimum atomic E-state index is -1.07. The summed E-state index contributed by atoms with van der Waals surface area (Å²) in [7, 11) is 0. The number of ether oxygens (including phenoxy) is 2. The van der Waals surface area contributed by atoms with Crippen LogP contribution in [0.15, 0.2) is 28.8 Å². The first-order chi connectivity index (χ1) is 8.54. The van der Waals surface area contributed by atoms with Gasteiger partial charge >= 0.3 is 5.97 Å². The first-order valence-corrected chi connectivity index (χ1v) is 5.94. The molecule has 0 unspecified atom stereocenters. The molecule has 0 heterocycles. The van der Waals surface area contributed by atoms with Crippen LogP contribution in [-0.2, 0) is 9.53 Å². The van der Waals surface area contributed by atoms with Crippen LogP contribution in [0, 0.1) is 11.6 Å². The van der Waals surface area contributed by atoms with Crippen molar-refractivity contribution in [3.05, 3.63) is 40.4 Å². The van der Waals surface area contributed by atoms with E-state index in [-0.39, 0.29) is 19.0 Å². The Morgan fingerprint density at radius 2 is 2.17 bits per heavy atom. The van der Waals surface area contributed by atoms with Crippen LogP contribution in [0.4, 0.5) is 8.78 Å². The molecule has 6 heteroatoms. The summed E-state index contributed by atoms with van der Waals surface area (Å²) in [4.78, 5) is 10.9. The number of hydrogen-bond acceptors (Lipinski definition) is 3. The van der Waals surface area contributed by atoms with Crippen molar-refractivity contribution in [3.63, 3.8) is 0 Å². The Morgan fingerprint density at radius 1 is 1.44 bits per heavy atom. The molecular formula is C12H11BrF2O3. The van der Waals surface area contributed by atoms with Gasteiger partial charge in [-0.15, -0.1) is 0 Å². The highest BCUT2D eigenvalue weighted by atomic mass is 79.9. The maximum atomic E-state index is 13.3. The van der Waals surface area contributed by atoms with Gasteiger partial charge in [0.1, 0.15) is 6.61 Å². The fourth-order valence-corrected chi connectivity index (χ4v) is 1.52. The molecule has 0 aliphatic rings. The van der Waals surface area contributed by atoms with Gasteiger partial charge in [0.2, 0.25) is 5.82 Å². The van der Waals surface area contributed by atoms with Crippen molar-refractivity contribution in [3.8, 4) is 5.75 Å². The van der Waals surface area contributed by atoms with Crippen molar-refractivity contribution in [2.24, 2.45) is 0 Å². The third-order valence-corrected chi connectivity index (χ3v) is 2.29. The largest absolute Gasteiger partial charge is 0.486 e. The van der Waals surface area contributed by atoms with Crippen molar-refractivity contribution in [2.45, 2.75) is 6.92 Å². The predicted octanol–water partition coefficient (Wildman–Crippen LogP) is 3.23. The Kier molecular flexibility index (Phi) is 5.77. The molecule has 1 aromatic rings.